The number of carbonyl (C=O) groups excluding carboxylic acids is 2. The molecular weight excluding hydrogens is 529 g/mol. The molecule has 0 bridgehead atoms. The highest BCUT2D eigenvalue weighted by molar-refractivity contribution is 7.87. The first-order valence-corrected chi connectivity index (χ1v) is 14.7. The van der Waals surface area contributed by atoms with Crippen molar-refractivity contribution in [1.82, 2.24) is 5.32 Å². The maximum Gasteiger partial charge on any atom is 0.273 e. The second-order valence-electron chi connectivity index (χ2n) is 9.23. The van der Waals surface area contributed by atoms with Gasteiger partial charge >= 0.3 is 0 Å². The van der Waals surface area contributed by atoms with E-state index in [1.807, 2.05) is 18.2 Å². The van der Waals surface area contributed by atoms with E-state index in [-0.39, 0.29) is 11.0 Å². The van der Waals surface area contributed by atoms with Crippen LogP contribution in [0, 0.1) is 0 Å². The fraction of sp³-hybridized carbons (Fsp3) is 0. The van der Waals surface area contributed by atoms with Crippen LogP contribution in [0.25, 0.3) is 5.31 Å². The van der Waals surface area contributed by atoms with Gasteiger partial charge in [-0.05, 0) is 29.8 Å². The van der Waals surface area contributed by atoms with Crippen molar-refractivity contribution < 1.29 is 14.2 Å². The zero-order valence-corrected chi connectivity index (χ0v) is 23.0. The molecule has 0 radical (unpaired) electrons. The lowest BCUT2D eigenvalue weighted by Crippen LogP contribution is -2.33. The molecule has 41 heavy (non-hydrogen) atoms. The van der Waals surface area contributed by atoms with Crippen LogP contribution in [0.5, 0.6) is 0 Å². The van der Waals surface area contributed by atoms with Crippen LogP contribution in [-0.2, 0) is 9.36 Å². The molecule has 6 nitrogen and oxygen atoms in total. The lowest BCUT2D eigenvalue weighted by atomic mass is 10.1. The molecule has 0 heterocycles. The summed E-state index contributed by atoms with van der Waals surface area (Å²) in [5.74, 6) is -1.17. The van der Waals surface area contributed by atoms with Crippen LogP contribution < -0.4 is 27.0 Å². The zero-order chi connectivity index (χ0) is 28.7. The van der Waals surface area contributed by atoms with Crippen LogP contribution in [0.1, 0.15) is 15.9 Å². The summed E-state index contributed by atoms with van der Waals surface area (Å²) in [6, 6.07) is 42.4. The third kappa shape index (κ3) is 5.88. The van der Waals surface area contributed by atoms with Crippen molar-refractivity contribution in [3.63, 3.8) is 0 Å². The molecule has 0 aliphatic rings. The summed E-state index contributed by atoms with van der Waals surface area (Å²) in [7, 11) is -3.76. The van der Waals surface area contributed by atoms with Crippen molar-refractivity contribution in [3.8, 4) is 0 Å². The summed E-state index contributed by atoms with van der Waals surface area (Å²) in [5.41, 5.74) is 7.60. The second-order valence-corrected chi connectivity index (χ2v) is 11.9. The Morgan fingerprint density at radius 1 is 0.561 bits per heavy atom. The van der Waals surface area contributed by atoms with Gasteiger partial charge in [0.1, 0.15) is 5.70 Å². The van der Waals surface area contributed by atoms with Gasteiger partial charge in [0.15, 0.2) is 7.14 Å². The molecule has 0 aliphatic heterocycles. The molecule has 202 valence electrons. The van der Waals surface area contributed by atoms with E-state index >= 15 is 4.57 Å². The highest BCUT2D eigenvalue weighted by Crippen LogP contribution is 2.57. The quantitative estimate of drug-likeness (QED) is 0.123. The maximum atomic E-state index is 15.7. The molecule has 0 saturated carbocycles. The van der Waals surface area contributed by atoms with Gasteiger partial charge < -0.3 is 20.9 Å². The number of para-hydroxylation sites is 2. The van der Waals surface area contributed by atoms with Gasteiger partial charge in [-0.2, -0.15) is 0 Å². The van der Waals surface area contributed by atoms with E-state index in [0.29, 0.717) is 33.1 Å². The van der Waals surface area contributed by atoms with Crippen molar-refractivity contribution in [2.24, 2.45) is 0 Å². The Kier molecular flexibility index (Phi) is 8.23. The third-order valence-corrected chi connectivity index (χ3v) is 9.71. The van der Waals surface area contributed by atoms with Crippen LogP contribution in [-0.4, -0.2) is 11.8 Å². The summed E-state index contributed by atoms with van der Waals surface area (Å²) in [6.07, 6.45) is 0. The number of carbonyl (C=O) groups is 2. The van der Waals surface area contributed by atoms with E-state index in [4.69, 9.17) is 5.73 Å². The summed E-state index contributed by atoms with van der Waals surface area (Å²) < 4.78 is 15.7. The Morgan fingerprint density at radius 3 is 1.51 bits per heavy atom. The van der Waals surface area contributed by atoms with Crippen LogP contribution in [0.3, 0.4) is 0 Å². The first kappa shape index (κ1) is 27.4. The van der Waals surface area contributed by atoms with Crippen molar-refractivity contribution in [2.75, 3.05) is 11.1 Å². The predicted molar refractivity (Wildman–Crippen MR) is 167 cm³/mol. The normalized spacial score (nSPS) is 11.7. The minimum atomic E-state index is -3.76. The molecular formula is C34H28N3O3P. The summed E-state index contributed by atoms with van der Waals surface area (Å²) in [4.78, 5) is 27.8. The number of benzene rings is 5. The number of nitrogens with two attached hydrogens (primary N) is 1. The van der Waals surface area contributed by atoms with E-state index in [1.165, 1.54) is 0 Å². The Balaban J connectivity index is 1.82. The third-order valence-electron chi connectivity index (χ3n) is 6.55. The van der Waals surface area contributed by atoms with E-state index in [2.05, 4.69) is 10.6 Å². The molecule has 5 aromatic rings. The Morgan fingerprint density at radius 2 is 1.00 bits per heavy atom. The van der Waals surface area contributed by atoms with Gasteiger partial charge in [-0.3, -0.25) is 9.59 Å². The molecule has 0 atom stereocenters. The second kappa shape index (κ2) is 12.3. The molecule has 0 aromatic heterocycles. The fourth-order valence-electron chi connectivity index (χ4n) is 4.56. The van der Waals surface area contributed by atoms with Crippen molar-refractivity contribution in [2.45, 2.75) is 0 Å². The topological polar surface area (TPSA) is 101 Å². The number of nitrogen functional groups attached to an aromatic ring is 1. The standard InChI is InChI=1S/C34H28N3O3P/c35-29-23-13-14-24-30(29)36-34(39)31(37-33(38)26-17-7-2-8-18-26)32(25-15-5-1-6-16-25)41(40,27-19-9-3-10-20-27)28-21-11-4-12-22-28/h1-24H,35H2,(H,36,39)(H,37,38). The average Bonchev–Trinajstić information content (AvgIpc) is 3.03. The SMILES string of the molecule is Nc1ccccc1NC(=O)C(NC(=O)c1ccccc1)=C(c1ccccc1)P(=O)(c1ccccc1)c1ccccc1. The van der Waals surface area contributed by atoms with Crippen LogP contribution in [0.2, 0.25) is 0 Å². The molecule has 5 rings (SSSR count). The van der Waals surface area contributed by atoms with Gasteiger partial charge in [0, 0.05) is 16.2 Å². The van der Waals surface area contributed by atoms with Gasteiger partial charge in [-0.1, -0.05) is 121 Å². The zero-order valence-electron chi connectivity index (χ0n) is 22.1. The molecule has 0 saturated heterocycles. The predicted octanol–water partition coefficient (Wildman–Crippen LogP) is 6.02. The number of hydrogen-bond acceptors (Lipinski definition) is 4. The van der Waals surface area contributed by atoms with Gasteiger partial charge in [0.05, 0.1) is 16.7 Å². The summed E-state index contributed by atoms with van der Waals surface area (Å²) in [6.45, 7) is 0. The first-order valence-electron chi connectivity index (χ1n) is 13.0. The van der Waals surface area contributed by atoms with Crippen molar-refractivity contribution in [3.05, 3.63) is 162 Å². The lowest BCUT2D eigenvalue weighted by Gasteiger charge is -2.26. The van der Waals surface area contributed by atoms with Crippen LogP contribution in [0.4, 0.5) is 11.4 Å². The molecule has 7 heteroatoms. The molecule has 0 fully saturated rings. The van der Waals surface area contributed by atoms with E-state index < -0.39 is 19.0 Å². The molecule has 0 unspecified atom stereocenters. The summed E-state index contributed by atoms with van der Waals surface area (Å²) >= 11 is 0. The smallest absolute Gasteiger partial charge is 0.273 e. The first-order chi connectivity index (χ1) is 20.0. The number of rotatable bonds is 8. The van der Waals surface area contributed by atoms with Gasteiger partial charge in [-0.15, -0.1) is 0 Å². The highest BCUT2D eigenvalue weighted by Gasteiger charge is 2.38. The van der Waals surface area contributed by atoms with E-state index in [1.54, 1.807) is 127 Å². The molecule has 0 aliphatic carbocycles. The molecule has 5 aromatic carbocycles. The van der Waals surface area contributed by atoms with Gasteiger partial charge in [0.2, 0.25) is 0 Å². The minimum Gasteiger partial charge on any atom is -0.397 e. The number of nitrogens with one attached hydrogen (secondary N) is 2. The largest absolute Gasteiger partial charge is 0.397 e. The average molecular weight is 558 g/mol. The fourth-order valence-corrected chi connectivity index (χ4v) is 7.54. The van der Waals surface area contributed by atoms with Gasteiger partial charge in [-0.25, -0.2) is 0 Å². The van der Waals surface area contributed by atoms with E-state index in [9.17, 15) is 9.59 Å². The van der Waals surface area contributed by atoms with Crippen LogP contribution >= 0.6 is 7.14 Å². The monoisotopic (exact) mass is 557 g/mol. The van der Waals surface area contributed by atoms with Crippen LogP contribution in [0.15, 0.2) is 151 Å². The highest BCUT2D eigenvalue weighted by atomic mass is 31.2. The lowest BCUT2D eigenvalue weighted by molar-refractivity contribution is -0.113. The maximum absolute atomic E-state index is 15.7. The minimum absolute atomic E-state index is 0.135. The molecule has 2 amide bonds. The number of hydrogen-bond donors (Lipinski definition) is 3. The number of amides is 2. The molecule has 0 spiro atoms. The van der Waals surface area contributed by atoms with Gasteiger partial charge in [0.25, 0.3) is 11.8 Å². The Labute approximate surface area is 238 Å². The van der Waals surface area contributed by atoms with Crippen molar-refractivity contribution >= 4 is 46.3 Å². The Bertz CT molecular complexity index is 1700. The van der Waals surface area contributed by atoms with E-state index in [0.717, 1.165) is 0 Å². The number of anilines is 2. The Hall–Kier alpha value is -5.19. The summed E-state index contributed by atoms with van der Waals surface area (Å²) in [5, 5.41) is 6.90. The van der Waals surface area contributed by atoms with Crippen molar-refractivity contribution in [1.29, 1.82) is 0 Å². The molecule has 4 N–H and O–H groups in total.